The normalized spacial score (nSPS) is 12.2. The third-order valence-electron chi connectivity index (χ3n) is 7.60. The van der Waals surface area contributed by atoms with Gasteiger partial charge in [0.15, 0.2) is 5.82 Å². The number of pyridine rings is 1. The summed E-state index contributed by atoms with van der Waals surface area (Å²) in [6, 6.07) is 24.5. The van der Waals surface area contributed by atoms with Crippen LogP contribution in [0.1, 0.15) is 53.0 Å². The predicted molar refractivity (Wildman–Crippen MR) is 158 cm³/mol. The van der Waals surface area contributed by atoms with Crippen LogP contribution in [0.15, 0.2) is 77.6 Å². The number of benzene rings is 3. The number of aryl methyl sites for hydroxylation is 2. The van der Waals surface area contributed by atoms with Crippen LogP contribution in [0, 0.1) is 13.8 Å². The Hall–Kier alpha value is -4.30. The van der Waals surface area contributed by atoms with Gasteiger partial charge in [0.2, 0.25) is 0 Å². The third-order valence-corrected chi connectivity index (χ3v) is 7.60. The van der Waals surface area contributed by atoms with Crippen LogP contribution >= 0.6 is 0 Å². The second-order valence-electron chi connectivity index (χ2n) is 10.3. The lowest BCUT2D eigenvalue weighted by Gasteiger charge is -2.30. The number of hydrogen-bond donors (Lipinski definition) is 1. The van der Waals surface area contributed by atoms with Gasteiger partial charge in [0.25, 0.3) is 5.56 Å². The monoisotopic (exact) mass is 536 g/mol. The summed E-state index contributed by atoms with van der Waals surface area (Å²) < 4.78 is 7.17. The Labute approximate surface area is 234 Å². The van der Waals surface area contributed by atoms with Crippen LogP contribution in [0.5, 0.6) is 5.75 Å². The number of methoxy groups -OCH3 is 1. The van der Waals surface area contributed by atoms with E-state index in [-0.39, 0.29) is 11.6 Å². The summed E-state index contributed by atoms with van der Waals surface area (Å²) >= 11 is 0. The molecule has 8 heteroatoms. The molecule has 0 unspecified atom stereocenters. The summed E-state index contributed by atoms with van der Waals surface area (Å²) in [6.07, 6.45) is 1.64. The molecular formula is C32H36N6O2. The van der Waals surface area contributed by atoms with E-state index >= 15 is 0 Å². The van der Waals surface area contributed by atoms with Crippen molar-refractivity contribution in [2.45, 2.75) is 52.7 Å². The Morgan fingerprint density at radius 2 is 1.73 bits per heavy atom. The maximum atomic E-state index is 13.3. The SMILES string of the molecule is CC[C@H](c1nnnn1Cc1ccc(OC)cc1)N(CCc1ccccc1)Cc1cc2c(C)ccc(C)c2[nH]c1=O. The molecule has 0 aliphatic carbocycles. The topological polar surface area (TPSA) is 88.9 Å². The molecule has 5 aromatic rings. The van der Waals surface area contributed by atoms with E-state index in [1.165, 1.54) is 5.56 Å². The first kappa shape index (κ1) is 27.3. The highest BCUT2D eigenvalue weighted by Gasteiger charge is 2.26. The van der Waals surface area contributed by atoms with E-state index < -0.39 is 0 Å². The first-order valence-electron chi connectivity index (χ1n) is 13.8. The molecule has 0 saturated heterocycles. The van der Waals surface area contributed by atoms with Crippen LogP contribution in [0.3, 0.4) is 0 Å². The zero-order valence-corrected chi connectivity index (χ0v) is 23.6. The van der Waals surface area contributed by atoms with Crippen LogP contribution in [-0.4, -0.2) is 43.7 Å². The number of nitrogens with one attached hydrogen (secondary N) is 1. The number of rotatable bonds is 11. The number of aromatic nitrogens is 5. The molecule has 3 aromatic carbocycles. The second kappa shape index (κ2) is 12.3. The zero-order valence-electron chi connectivity index (χ0n) is 23.6. The lowest BCUT2D eigenvalue weighted by Crippen LogP contribution is -2.34. The summed E-state index contributed by atoms with van der Waals surface area (Å²) in [4.78, 5) is 18.8. The predicted octanol–water partition coefficient (Wildman–Crippen LogP) is 5.38. The Balaban J connectivity index is 1.49. The molecule has 0 aliphatic heterocycles. The molecule has 0 spiro atoms. The molecule has 5 rings (SSSR count). The standard InChI is InChI=1S/C32H36N6O2/c1-5-29(31-34-35-36-38(31)20-25-13-15-27(40-4)16-14-25)37(18-17-24-9-7-6-8-10-24)21-26-19-28-22(2)11-12-23(3)30(28)33-32(26)39/h6-16,19,29H,5,17-18,20-21H2,1-4H3,(H,33,39)/t29-/m1/s1. The number of tetrazole rings is 1. The quantitative estimate of drug-likeness (QED) is 0.244. The highest BCUT2D eigenvalue weighted by molar-refractivity contribution is 5.85. The highest BCUT2D eigenvalue weighted by atomic mass is 16.5. The Bertz CT molecular complexity index is 1630. The van der Waals surface area contributed by atoms with E-state index in [1.54, 1.807) is 7.11 Å². The fourth-order valence-corrected chi connectivity index (χ4v) is 5.29. The Kier molecular flexibility index (Phi) is 8.36. The van der Waals surface area contributed by atoms with Gasteiger partial charge in [-0.15, -0.1) is 5.10 Å². The summed E-state index contributed by atoms with van der Waals surface area (Å²) in [6.45, 7) is 8.04. The molecule has 0 aliphatic rings. The largest absolute Gasteiger partial charge is 0.497 e. The van der Waals surface area contributed by atoms with E-state index in [1.807, 2.05) is 41.9 Å². The Morgan fingerprint density at radius 1 is 0.975 bits per heavy atom. The molecule has 1 N–H and O–H groups in total. The van der Waals surface area contributed by atoms with Gasteiger partial charge in [-0.3, -0.25) is 9.69 Å². The third kappa shape index (κ3) is 5.97. The van der Waals surface area contributed by atoms with Crippen molar-refractivity contribution >= 4 is 10.9 Å². The van der Waals surface area contributed by atoms with Crippen molar-refractivity contribution in [2.75, 3.05) is 13.7 Å². The maximum absolute atomic E-state index is 13.3. The number of ether oxygens (including phenoxy) is 1. The molecule has 8 nitrogen and oxygen atoms in total. The number of nitrogens with zero attached hydrogens (tertiary/aromatic N) is 5. The second-order valence-corrected chi connectivity index (χ2v) is 10.3. The fraction of sp³-hybridized carbons (Fsp3) is 0.312. The number of hydrogen-bond acceptors (Lipinski definition) is 6. The average molecular weight is 537 g/mol. The van der Waals surface area contributed by atoms with E-state index in [0.717, 1.165) is 64.1 Å². The van der Waals surface area contributed by atoms with E-state index in [2.05, 4.69) is 81.7 Å². The van der Waals surface area contributed by atoms with Gasteiger partial charge < -0.3 is 9.72 Å². The Morgan fingerprint density at radius 3 is 2.45 bits per heavy atom. The molecule has 0 fully saturated rings. The summed E-state index contributed by atoms with van der Waals surface area (Å²) in [5, 5.41) is 14.0. The number of aromatic amines is 1. The van der Waals surface area contributed by atoms with Crippen LogP contribution in [0.2, 0.25) is 0 Å². The average Bonchev–Trinajstić information content (AvgIpc) is 3.43. The van der Waals surface area contributed by atoms with Gasteiger partial charge in [-0.05, 0) is 77.6 Å². The highest BCUT2D eigenvalue weighted by Crippen LogP contribution is 2.26. The van der Waals surface area contributed by atoms with Crippen molar-refractivity contribution in [2.24, 2.45) is 0 Å². The molecule has 40 heavy (non-hydrogen) atoms. The molecule has 0 saturated carbocycles. The minimum atomic E-state index is -0.0781. The van der Waals surface area contributed by atoms with Crippen molar-refractivity contribution < 1.29 is 4.74 Å². The van der Waals surface area contributed by atoms with Gasteiger partial charge in [0, 0.05) is 24.0 Å². The van der Waals surface area contributed by atoms with Crippen LogP contribution in [0.25, 0.3) is 10.9 Å². The van der Waals surface area contributed by atoms with Crippen LogP contribution in [-0.2, 0) is 19.5 Å². The lowest BCUT2D eigenvalue weighted by atomic mass is 10.0. The summed E-state index contributed by atoms with van der Waals surface area (Å²) in [5.41, 5.74) is 6.12. The molecule has 1 atom stereocenters. The van der Waals surface area contributed by atoms with Crippen LogP contribution in [0.4, 0.5) is 0 Å². The van der Waals surface area contributed by atoms with E-state index in [0.29, 0.717) is 13.1 Å². The van der Waals surface area contributed by atoms with Crippen molar-refractivity contribution in [1.29, 1.82) is 0 Å². The van der Waals surface area contributed by atoms with E-state index in [4.69, 9.17) is 4.74 Å². The maximum Gasteiger partial charge on any atom is 0.252 e. The summed E-state index contributed by atoms with van der Waals surface area (Å²) in [7, 11) is 1.66. The smallest absolute Gasteiger partial charge is 0.252 e. The van der Waals surface area contributed by atoms with Crippen molar-refractivity contribution in [3.05, 3.63) is 117 Å². The van der Waals surface area contributed by atoms with Crippen molar-refractivity contribution in [3.63, 3.8) is 0 Å². The molecular weight excluding hydrogens is 500 g/mol. The number of fused-ring (bicyclic) bond motifs is 1. The van der Waals surface area contributed by atoms with Crippen molar-refractivity contribution in [1.82, 2.24) is 30.1 Å². The van der Waals surface area contributed by atoms with Gasteiger partial charge >= 0.3 is 0 Å². The van der Waals surface area contributed by atoms with Crippen molar-refractivity contribution in [3.8, 4) is 5.75 Å². The molecule has 0 amide bonds. The molecule has 2 heterocycles. The first-order chi connectivity index (χ1) is 19.5. The zero-order chi connectivity index (χ0) is 28.1. The van der Waals surface area contributed by atoms with E-state index in [9.17, 15) is 4.79 Å². The molecule has 206 valence electrons. The van der Waals surface area contributed by atoms with Crippen LogP contribution < -0.4 is 10.3 Å². The van der Waals surface area contributed by atoms with Gasteiger partial charge in [-0.2, -0.15) is 0 Å². The van der Waals surface area contributed by atoms with Gasteiger partial charge in [0.1, 0.15) is 5.75 Å². The minimum Gasteiger partial charge on any atom is -0.497 e. The molecule has 0 radical (unpaired) electrons. The first-order valence-corrected chi connectivity index (χ1v) is 13.8. The van der Waals surface area contributed by atoms with Gasteiger partial charge in [0.05, 0.1) is 25.2 Å². The summed E-state index contributed by atoms with van der Waals surface area (Å²) in [5.74, 6) is 1.60. The molecule has 0 bridgehead atoms. The van der Waals surface area contributed by atoms with Gasteiger partial charge in [-0.25, -0.2) is 4.68 Å². The lowest BCUT2D eigenvalue weighted by molar-refractivity contribution is 0.172. The minimum absolute atomic E-state index is 0.0569. The van der Waals surface area contributed by atoms with Gasteiger partial charge in [-0.1, -0.05) is 61.5 Å². The molecule has 2 aromatic heterocycles. The number of H-pyrrole nitrogens is 1. The fourth-order valence-electron chi connectivity index (χ4n) is 5.29.